The predicted octanol–water partition coefficient (Wildman–Crippen LogP) is 3.18. The van der Waals surface area contributed by atoms with Crippen molar-refractivity contribution in [3.63, 3.8) is 0 Å². The van der Waals surface area contributed by atoms with E-state index in [2.05, 4.69) is 10.3 Å². The molecule has 0 unspecified atom stereocenters. The summed E-state index contributed by atoms with van der Waals surface area (Å²) in [6.07, 6.45) is 1.14. The first-order chi connectivity index (χ1) is 15.1. The van der Waals surface area contributed by atoms with Crippen molar-refractivity contribution in [1.29, 1.82) is 0 Å². The van der Waals surface area contributed by atoms with Crippen LogP contribution in [0.4, 0.5) is 20.7 Å². The van der Waals surface area contributed by atoms with Gasteiger partial charge in [-0.1, -0.05) is 29.0 Å². The molecule has 4 rings (SSSR count). The highest BCUT2D eigenvalue weighted by molar-refractivity contribution is 7.92. The number of amides is 4. The molecule has 0 atom stereocenters. The number of nitrogens with one attached hydrogen (secondary N) is 2. The van der Waals surface area contributed by atoms with Gasteiger partial charge in [0.05, 0.1) is 18.3 Å². The Morgan fingerprint density at radius 3 is 2.59 bits per heavy atom. The van der Waals surface area contributed by atoms with Gasteiger partial charge in [-0.3, -0.25) is 9.59 Å². The van der Waals surface area contributed by atoms with Gasteiger partial charge >= 0.3 is 6.03 Å². The van der Waals surface area contributed by atoms with Crippen molar-refractivity contribution in [2.75, 3.05) is 10.2 Å². The summed E-state index contributed by atoms with van der Waals surface area (Å²) >= 11 is 6.32. The van der Waals surface area contributed by atoms with Gasteiger partial charge in [-0.15, -0.1) is 0 Å². The number of urea groups is 1. The molecule has 0 saturated heterocycles. The van der Waals surface area contributed by atoms with E-state index in [1.54, 1.807) is 16.9 Å². The first-order valence-electron chi connectivity index (χ1n) is 8.85. The summed E-state index contributed by atoms with van der Waals surface area (Å²) < 4.78 is 38.6. The summed E-state index contributed by atoms with van der Waals surface area (Å²) in [7, 11) is -4.24. The first kappa shape index (κ1) is 21.9. The molecule has 3 aromatic rings. The zero-order valence-corrected chi connectivity index (χ0v) is 18.2. The topological polar surface area (TPSA) is 126 Å². The molecular weight excluding hydrogens is 483 g/mol. The van der Waals surface area contributed by atoms with Crippen molar-refractivity contribution >= 4 is 62.3 Å². The lowest BCUT2D eigenvalue weighted by molar-refractivity contribution is -0.117. The number of halogens is 2. The van der Waals surface area contributed by atoms with Crippen molar-refractivity contribution in [3.8, 4) is 0 Å². The number of anilines is 2. The van der Waals surface area contributed by atoms with Crippen LogP contribution in [0, 0.1) is 5.13 Å². The van der Waals surface area contributed by atoms with Gasteiger partial charge in [-0.25, -0.2) is 27.8 Å². The number of thiophene rings is 1. The van der Waals surface area contributed by atoms with E-state index in [0.717, 1.165) is 23.2 Å². The minimum atomic E-state index is -4.24. The Balaban J connectivity index is 1.48. The Morgan fingerprint density at radius 2 is 1.94 bits per heavy atom. The molecule has 0 bridgehead atoms. The Morgan fingerprint density at radius 1 is 1.16 bits per heavy atom. The maximum absolute atomic E-state index is 13.0. The van der Waals surface area contributed by atoms with Crippen LogP contribution in [0.3, 0.4) is 0 Å². The number of pyridine rings is 1. The molecular formula is C19H12ClFN4O5S2. The summed E-state index contributed by atoms with van der Waals surface area (Å²) in [5, 5.41) is 1.90. The maximum Gasteiger partial charge on any atom is 0.333 e. The summed E-state index contributed by atoms with van der Waals surface area (Å²) in [6.45, 7) is 0. The second kappa shape index (κ2) is 8.30. The van der Waals surface area contributed by atoms with E-state index in [-0.39, 0.29) is 27.7 Å². The maximum atomic E-state index is 13.0. The average molecular weight is 495 g/mol. The molecule has 1 aliphatic heterocycles. The van der Waals surface area contributed by atoms with Crippen molar-refractivity contribution in [3.05, 3.63) is 69.9 Å². The first-order valence-corrected chi connectivity index (χ1v) is 11.5. The normalized spacial score (nSPS) is 13.6. The van der Waals surface area contributed by atoms with Crippen LogP contribution in [0.5, 0.6) is 0 Å². The van der Waals surface area contributed by atoms with E-state index in [9.17, 15) is 27.2 Å². The van der Waals surface area contributed by atoms with E-state index in [0.29, 0.717) is 21.9 Å². The third kappa shape index (κ3) is 4.33. The number of hydrogen-bond acceptors (Lipinski definition) is 7. The van der Waals surface area contributed by atoms with Gasteiger partial charge in [0.2, 0.25) is 5.91 Å². The number of nitrogens with zero attached hydrogens (tertiary/aromatic N) is 2. The molecule has 2 aromatic heterocycles. The monoisotopic (exact) mass is 494 g/mol. The minimum absolute atomic E-state index is 0.0104. The third-order valence-corrected chi connectivity index (χ3v) is 7.30. The Labute approximate surface area is 189 Å². The van der Waals surface area contributed by atoms with Gasteiger partial charge in [0.15, 0.2) is 5.13 Å². The zero-order chi connectivity index (χ0) is 23.0. The summed E-state index contributed by atoms with van der Waals surface area (Å²) in [5.74, 6) is -1.04. The molecule has 32 heavy (non-hydrogen) atoms. The van der Waals surface area contributed by atoms with Gasteiger partial charge in [0.25, 0.3) is 15.9 Å². The van der Waals surface area contributed by atoms with Gasteiger partial charge in [0, 0.05) is 10.6 Å². The van der Waals surface area contributed by atoms with E-state index in [4.69, 9.17) is 11.6 Å². The second-order valence-corrected chi connectivity index (χ2v) is 9.92. The minimum Gasteiger partial charge on any atom is -0.306 e. The van der Waals surface area contributed by atoms with Crippen LogP contribution < -0.4 is 14.9 Å². The smallest absolute Gasteiger partial charge is 0.306 e. The van der Waals surface area contributed by atoms with Crippen molar-refractivity contribution < 1.29 is 27.2 Å². The summed E-state index contributed by atoms with van der Waals surface area (Å²) in [6, 6.07) is 8.25. The zero-order valence-electron chi connectivity index (χ0n) is 15.8. The van der Waals surface area contributed by atoms with Gasteiger partial charge in [-0.05, 0) is 42.0 Å². The summed E-state index contributed by atoms with van der Waals surface area (Å²) in [5.41, 5.74) is 0.942. The molecule has 3 heterocycles. The number of carbonyl (C=O) groups is 3. The highest BCUT2D eigenvalue weighted by Gasteiger charge is 2.33. The molecule has 9 nitrogen and oxygen atoms in total. The van der Waals surface area contributed by atoms with E-state index in [1.165, 1.54) is 18.2 Å². The fraction of sp³-hybridized carbons (Fsp3) is 0.0526. The lowest BCUT2D eigenvalue weighted by Gasteiger charge is -2.26. The second-order valence-electron chi connectivity index (χ2n) is 6.54. The molecule has 2 N–H and O–H groups in total. The highest BCUT2D eigenvalue weighted by atomic mass is 35.5. The van der Waals surface area contributed by atoms with E-state index < -0.39 is 33.0 Å². The van der Waals surface area contributed by atoms with Crippen LogP contribution in [0.15, 0.2) is 52.9 Å². The fourth-order valence-electron chi connectivity index (χ4n) is 2.97. The van der Waals surface area contributed by atoms with Crippen LogP contribution in [-0.2, 0) is 21.2 Å². The molecule has 0 aliphatic carbocycles. The molecule has 0 radical (unpaired) electrons. The SMILES string of the molecule is O=C(Nc1ccc(N2C(=O)Cc3ccc(Cl)cc3C2=O)nc1)NS(=O)(=O)c1ccc(F)s1. The van der Waals surface area contributed by atoms with E-state index >= 15 is 0 Å². The molecule has 1 aromatic carbocycles. The van der Waals surface area contributed by atoms with Crippen molar-refractivity contribution in [2.24, 2.45) is 0 Å². The molecule has 1 aliphatic rings. The van der Waals surface area contributed by atoms with E-state index in [1.807, 2.05) is 0 Å². The highest BCUT2D eigenvalue weighted by Crippen LogP contribution is 2.27. The molecule has 0 fully saturated rings. The van der Waals surface area contributed by atoms with Crippen LogP contribution in [0.1, 0.15) is 15.9 Å². The summed E-state index contributed by atoms with van der Waals surface area (Å²) in [4.78, 5) is 42.2. The molecule has 4 amide bonds. The largest absolute Gasteiger partial charge is 0.333 e. The molecule has 13 heteroatoms. The van der Waals surface area contributed by atoms with Gasteiger partial charge in [0.1, 0.15) is 10.0 Å². The van der Waals surface area contributed by atoms with Crippen LogP contribution in [0.25, 0.3) is 0 Å². The standard InChI is InChI=1S/C19H12ClFN4O5S2/c20-11-2-1-10-7-16(26)25(18(27)13(10)8-11)15-5-3-12(9-22-15)23-19(28)24-32(29,30)17-6-4-14(21)31-17/h1-6,8-9H,7H2,(H2,23,24,28). The number of fused-ring (bicyclic) bond motifs is 1. The lowest BCUT2D eigenvalue weighted by atomic mass is 9.98. The van der Waals surface area contributed by atoms with Gasteiger partial charge < -0.3 is 5.32 Å². The van der Waals surface area contributed by atoms with Crippen LogP contribution in [-0.4, -0.2) is 31.2 Å². The quantitative estimate of drug-likeness (QED) is 0.536. The number of aromatic nitrogens is 1. The molecule has 164 valence electrons. The number of rotatable bonds is 4. The predicted molar refractivity (Wildman–Crippen MR) is 115 cm³/mol. The number of sulfonamides is 1. The van der Waals surface area contributed by atoms with Crippen LogP contribution in [0.2, 0.25) is 5.02 Å². The average Bonchev–Trinajstić information content (AvgIpc) is 3.17. The third-order valence-electron chi connectivity index (χ3n) is 4.37. The number of benzene rings is 1. The number of carbonyl (C=O) groups excluding carboxylic acids is 3. The van der Waals surface area contributed by atoms with Gasteiger partial charge in [-0.2, -0.15) is 4.39 Å². The fourth-order valence-corrected chi connectivity index (χ4v) is 5.05. The Bertz CT molecular complexity index is 1360. The molecule has 0 saturated carbocycles. The van der Waals surface area contributed by atoms with Crippen molar-refractivity contribution in [2.45, 2.75) is 10.6 Å². The lowest BCUT2D eigenvalue weighted by Crippen LogP contribution is -2.43. The Kier molecular flexibility index (Phi) is 5.67. The Hall–Kier alpha value is -3.35. The van der Waals surface area contributed by atoms with Crippen molar-refractivity contribution in [1.82, 2.24) is 9.71 Å². The number of imide groups is 1. The molecule has 0 spiro atoms. The van der Waals surface area contributed by atoms with Crippen LogP contribution >= 0.6 is 22.9 Å². The number of hydrogen-bond donors (Lipinski definition) is 2.